The van der Waals surface area contributed by atoms with E-state index in [0.29, 0.717) is 16.9 Å². The lowest BCUT2D eigenvalue weighted by atomic mass is 10.0. The minimum Gasteiger partial charge on any atom is -0.480 e. The van der Waals surface area contributed by atoms with E-state index in [1.807, 2.05) is 18.2 Å². The fourth-order valence-corrected chi connectivity index (χ4v) is 4.84. The van der Waals surface area contributed by atoms with E-state index >= 15 is 0 Å². The third-order valence-electron chi connectivity index (χ3n) is 7.32. The Morgan fingerprint density at radius 2 is 1.24 bits per heavy atom. The molecule has 2 aromatic rings. The molecule has 51 heavy (non-hydrogen) atoms. The maximum Gasteiger partial charge on any atom is 0.326 e. The standard InChI is InChI=1S/C34H48N10O7/c1-20(2)18-28(33(50)51)42-30(47)25(10-7-17-38-34(36)37)40-31(48)26(15-16-29(35)46)41-32(49)27(39-21(3)45)19-22-11-13-24(14-12-22)44-43-23-8-5-4-6-9-23/h4-6,8-9,11-14,20,25-28H,7,10,15-19H2,1-3H3,(H2,35,46)(H,39,45)(H,40,48)(H,41,49)(H,42,47)(H,50,51)(H4,36,37,38)/t25-,26-,27-,28-/m0/s1. The topological polar surface area (TPSA) is 286 Å². The van der Waals surface area contributed by atoms with E-state index in [1.54, 1.807) is 50.2 Å². The van der Waals surface area contributed by atoms with Crippen molar-refractivity contribution in [2.45, 2.75) is 83.5 Å². The molecule has 0 saturated heterocycles. The summed E-state index contributed by atoms with van der Waals surface area (Å²) in [6.07, 6.45) is -0.110. The lowest BCUT2D eigenvalue weighted by molar-refractivity contribution is -0.142. The molecule has 276 valence electrons. The molecule has 0 aliphatic carbocycles. The quantitative estimate of drug-likeness (QED) is 0.0397. The summed E-state index contributed by atoms with van der Waals surface area (Å²) < 4.78 is 0. The summed E-state index contributed by atoms with van der Waals surface area (Å²) in [6, 6.07) is 11.0. The van der Waals surface area contributed by atoms with Crippen LogP contribution in [-0.2, 0) is 35.2 Å². The van der Waals surface area contributed by atoms with Crippen molar-refractivity contribution in [1.29, 1.82) is 0 Å². The Bertz CT molecular complexity index is 1540. The highest BCUT2D eigenvalue weighted by atomic mass is 16.4. The first-order valence-corrected chi connectivity index (χ1v) is 16.4. The molecule has 4 atom stereocenters. The van der Waals surface area contributed by atoms with Gasteiger partial charge in [0.2, 0.25) is 29.5 Å². The number of nitrogens with zero attached hydrogens (tertiary/aromatic N) is 3. The Morgan fingerprint density at radius 3 is 1.75 bits per heavy atom. The van der Waals surface area contributed by atoms with E-state index in [0.717, 1.165) is 0 Å². The SMILES string of the molecule is CC(=O)N[C@@H](Cc1ccc(N=Nc2ccccc2)cc1)C(=O)N[C@@H](CCC(N)=O)C(=O)N[C@@H](CCCN=C(N)N)C(=O)N[C@@H](CC(C)C)C(=O)O. The molecule has 0 aliphatic rings. The number of hydrogen-bond donors (Lipinski definition) is 8. The first-order chi connectivity index (χ1) is 24.1. The maximum atomic E-state index is 13.6. The number of primary amides is 1. The van der Waals surface area contributed by atoms with Gasteiger partial charge in [0.15, 0.2) is 5.96 Å². The second-order valence-electron chi connectivity index (χ2n) is 12.3. The number of nitrogens with two attached hydrogens (primary N) is 3. The Labute approximate surface area is 296 Å². The van der Waals surface area contributed by atoms with Crippen LogP contribution in [0.4, 0.5) is 11.4 Å². The number of guanidine groups is 1. The van der Waals surface area contributed by atoms with Crippen LogP contribution >= 0.6 is 0 Å². The van der Waals surface area contributed by atoms with Gasteiger partial charge in [-0.3, -0.25) is 29.0 Å². The zero-order valence-electron chi connectivity index (χ0n) is 29.0. The molecule has 0 heterocycles. The van der Waals surface area contributed by atoms with Crippen LogP contribution in [0.15, 0.2) is 69.8 Å². The number of azo groups is 1. The molecular weight excluding hydrogens is 660 g/mol. The molecule has 0 unspecified atom stereocenters. The predicted octanol–water partition coefficient (Wildman–Crippen LogP) is 1.05. The van der Waals surface area contributed by atoms with Gasteiger partial charge < -0.3 is 43.6 Å². The van der Waals surface area contributed by atoms with E-state index in [1.165, 1.54) is 6.92 Å². The highest BCUT2D eigenvalue weighted by Crippen LogP contribution is 2.19. The average molecular weight is 709 g/mol. The summed E-state index contributed by atoms with van der Waals surface area (Å²) in [5.41, 5.74) is 18.0. The third-order valence-corrected chi connectivity index (χ3v) is 7.32. The van der Waals surface area contributed by atoms with Crippen LogP contribution in [0.25, 0.3) is 0 Å². The zero-order chi connectivity index (χ0) is 37.9. The maximum absolute atomic E-state index is 13.6. The van der Waals surface area contributed by atoms with Crippen molar-refractivity contribution in [3.05, 3.63) is 60.2 Å². The first kappa shape index (κ1) is 41.3. The van der Waals surface area contributed by atoms with Crippen molar-refractivity contribution in [3.63, 3.8) is 0 Å². The molecule has 17 heteroatoms. The number of hydrogen-bond acceptors (Lipinski definition) is 9. The molecule has 5 amide bonds. The minimum atomic E-state index is -1.36. The molecule has 2 rings (SSSR count). The zero-order valence-corrected chi connectivity index (χ0v) is 29.0. The number of carbonyl (C=O) groups is 6. The van der Waals surface area contributed by atoms with Crippen LogP contribution in [-0.4, -0.2) is 77.3 Å². The van der Waals surface area contributed by atoms with Crippen LogP contribution in [0.2, 0.25) is 0 Å². The lowest BCUT2D eigenvalue weighted by Gasteiger charge is -2.26. The summed E-state index contributed by atoms with van der Waals surface area (Å²) in [6.45, 7) is 4.95. The van der Waals surface area contributed by atoms with Gasteiger partial charge in [0.25, 0.3) is 0 Å². The van der Waals surface area contributed by atoms with E-state index in [-0.39, 0.29) is 56.9 Å². The van der Waals surface area contributed by atoms with Crippen molar-refractivity contribution in [1.82, 2.24) is 21.3 Å². The number of benzene rings is 2. The largest absolute Gasteiger partial charge is 0.480 e. The van der Waals surface area contributed by atoms with E-state index < -0.39 is 59.7 Å². The summed E-state index contributed by atoms with van der Waals surface area (Å²) in [7, 11) is 0. The van der Waals surface area contributed by atoms with Gasteiger partial charge >= 0.3 is 5.97 Å². The number of carboxylic acids is 1. The van der Waals surface area contributed by atoms with E-state index in [4.69, 9.17) is 17.2 Å². The molecule has 11 N–H and O–H groups in total. The van der Waals surface area contributed by atoms with Crippen molar-refractivity contribution in [3.8, 4) is 0 Å². The van der Waals surface area contributed by atoms with Gasteiger partial charge in [0.05, 0.1) is 11.4 Å². The summed E-state index contributed by atoms with van der Waals surface area (Å²) in [5, 5.41) is 28.2. The number of aliphatic imine (C=N–C) groups is 1. The van der Waals surface area contributed by atoms with Crippen LogP contribution in [0, 0.1) is 5.92 Å². The summed E-state index contributed by atoms with van der Waals surface area (Å²) in [4.78, 5) is 79.9. The predicted molar refractivity (Wildman–Crippen MR) is 190 cm³/mol. The Balaban J connectivity index is 2.26. The van der Waals surface area contributed by atoms with Gasteiger partial charge in [-0.15, -0.1) is 0 Å². The third kappa shape index (κ3) is 16.4. The van der Waals surface area contributed by atoms with Crippen molar-refractivity contribution >= 4 is 52.8 Å². The van der Waals surface area contributed by atoms with Gasteiger partial charge in [0, 0.05) is 26.3 Å². The average Bonchev–Trinajstić information content (AvgIpc) is 3.06. The van der Waals surface area contributed by atoms with Crippen molar-refractivity contribution < 1.29 is 33.9 Å². The molecule has 0 radical (unpaired) electrons. The summed E-state index contributed by atoms with van der Waals surface area (Å²) >= 11 is 0. The fraction of sp³-hybridized carbons (Fsp3) is 0.441. The highest BCUT2D eigenvalue weighted by molar-refractivity contribution is 5.95. The number of carboxylic acid groups (broad SMARTS) is 1. The van der Waals surface area contributed by atoms with Crippen LogP contribution in [0.5, 0.6) is 0 Å². The van der Waals surface area contributed by atoms with Gasteiger partial charge in [-0.1, -0.05) is 44.2 Å². The second-order valence-corrected chi connectivity index (χ2v) is 12.3. The molecule has 0 bridgehead atoms. The van der Waals surface area contributed by atoms with Gasteiger partial charge in [0.1, 0.15) is 24.2 Å². The molecule has 0 aromatic heterocycles. The molecule has 0 spiro atoms. The number of nitrogens with one attached hydrogen (secondary N) is 4. The molecule has 0 saturated carbocycles. The fourth-order valence-electron chi connectivity index (χ4n) is 4.84. The van der Waals surface area contributed by atoms with Crippen LogP contribution < -0.4 is 38.5 Å². The van der Waals surface area contributed by atoms with Crippen LogP contribution in [0.1, 0.15) is 58.4 Å². The first-order valence-electron chi connectivity index (χ1n) is 16.4. The summed E-state index contributed by atoms with van der Waals surface area (Å²) in [5.74, 6) is -5.07. The Kier molecular flexibility index (Phi) is 17.2. The Hall–Kier alpha value is -5.87. The molecule has 0 aliphatic heterocycles. The second kappa shape index (κ2) is 21.3. The number of carbonyl (C=O) groups excluding carboxylic acids is 5. The molecule has 0 fully saturated rings. The minimum absolute atomic E-state index is 0.00822. The molecular formula is C34H48N10O7. The number of rotatable bonds is 21. The number of amides is 5. The smallest absolute Gasteiger partial charge is 0.326 e. The number of aliphatic carboxylic acids is 1. The Morgan fingerprint density at radius 1 is 0.706 bits per heavy atom. The van der Waals surface area contributed by atoms with Gasteiger partial charge in [-0.25, -0.2) is 4.79 Å². The van der Waals surface area contributed by atoms with Crippen LogP contribution in [0.3, 0.4) is 0 Å². The van der Waals surface area contributed by atoms with Gasteiger partial charge in [-0.2, -0.15) is 10.2 Å². The molecule has 2 aromatic carbocycles. The lowest BCUT2D eigenvalue weighted by Crippen LogP contribution is -2.58. The van der Waals surface area contributed by atoms with E-state index in [9.17, 15) is 33.9 Å². The van der Waals surface area contributed by atoms with Gasteiger partial charge in [-0.05, 0) is 61.4 Å². The monoisotopic (exact) mass is 708 g/mol. The van der Waals surface area contributed by atoms with E-state index in [2.05, 4.69) is 36.5 Å². The van der Waals surface area contributed by atoms with Crippen molar-refractivity contribution in [2.75, 3.05) is 6.54 Å². The molecule has 17 nitrogen and oxygen atoms in total. The van der Waals surface area contributed by atoms with Crippen molar-refractivity contribution in [2.24, 2.45) is 38.3 Å². The normalized spacial score (nSPS) is 13.3. The highest BCUT2D eigenvalue weighted by Gasteiger charge is 2.31.